The predicted molar refractivity (Wildman–Crippen MR) is 129 cm³/mol. The lowest BCUT2D eigenvalue weighted by Crippen LogP contribution is -2.52. The normalized spacial score (nSPS) is 20.2. The third-order valence-corrected chi connectivity index (χ3v) is 7.29. The number of carbonyl (C=O) groups excluding carboxylic acids is 2. The number of nitrogens with one attached hydrogen (secondary N) is 1. The van der Waals surface area contributed by atoms with Crippen molar-refractivity contribution in [1.82, 2.24) is 15.2 Å². The van der Waals surface area contributed by atoms with Gasteiger partial charge in [-0.15, -0.1) is 0 Å². The van der Waals surface area contributed by atoms with Crippen LogP contribution in [0, 0.1) is 11.6 Å². The summed E-state index contributed by atoms with van der Waals surface area (Å²) in [5.41, 5.74) is 2.15. The number of fused-ring (bicyclic) bond motifs is 2. The van der Waals surface area contributed by atoms with Crippen LogP contribution in [0.2, 0.25) is 0 Å². The molecule has 0 radical (unpaired) electrons. The molecule has 2 amide bonds. The molecule has 0 bridgehead atoms. The number of amides is 2. The van der Waals surface area contributed by atoms with E-state index in [0.717, 1.165) is 29.3 Å². The summed E-state index contributed by atoms with van der Waals surface area (Å²) in [7, 11) is 0. The van der Waals surface area contributed by atoms with Gasteiger partial charge in [0.05, 0.1) is 17.7 Å². The molecule has 6 nitrogen and oxygen atoms in total. The van der Waals surface area contributed by atoms with Crippen molar-refractivity contribution in [2.75, 3.05) is 19.7 Å². The molecule has 2 aliphatic rings. The zero-order valence-corrected chi connectivity index (χ0v) is 19.9. The molecular weight excluding hydrogens is 464 g/mol. The largest absolute Gasteiger partial charge is 0.375 e. The van der Waals surface area contributed by atoms with E-state index in [9.17, 15) is 18.4 Å². The fourth-order valence-electron chi connectivity index (χ4n) is 5.69. The lowest BCUT2D eigenvalue weighted by molar-refractivity contribution is -0.0305. The fraction of sp³-hybridized carbons (Fsp3) is 0.321. The molecular formula is C28H27F2N3O3. The second kappa shape index (κ2) is 9.78. The van der Waals surface area contributed by atoms with Gasteiger partial charge in [-0.2, -0.15) is 0 Å². The molecule has 186 valence electrons. The highest BCUT2D eigenvalue weighted by Gasteiger charge is 2.54. The van der Waals surface area contributed by atoms with Gasteiger partial charge in [-0.25, -0.2) is 8.78 Å². The molecule has 1 aromatic heterocycles. The molecule has 8 heteroatoms. The van der Waals surface area contributed by atoms with Crippen LogP contribution in [-0.4, -0.2) is 47.5 Å². The van der Waals surface area contributed by atoms with Crippen LogP contribution < -0.4 is 5.32 Å². The van der Waals surface area contributed by atoms with Gasteiger partial charge in [0.1, 0.15) is 11.6 Å². The summed E-state index contributed by atoms with van der Waals surface area (Å²) in [6.07, 6.45) is 4.01. The van der Waals surface area contributed by atoms with Crippen LogP contribution in [-0.2, 0) is 10.2 Å². The lowest BCUT2D eigenvalue weighted by atomic mass is 9.71. The van der Waals surface area contributed by atoms with Gasteiger partial charge in [0.25, 0.3) is 11.8 Å². The van der Waals surface area contributed by atoms with Gasteiger partial charge in [-0.05, 0) is 55.2 Å². The van der Waals surface area contributed by atoms with Crippen molar-refractivity contribution in [2.24, 2.45) is 0 Å². The van der Waals surface area contributed by atoms with Crippen molar-refractivity contribution < 1.29 is 23.1 Å². The van der Waals surface area contributed by atoms with Gasteiger partial charge in [-0.1, -0.05) is 24.3 Å². The van der Waals surface area contributed by atoms with Crippen LogP contribution in [0.5, 0.6) is 0 Å². The smallest absolute Gasteiger partial charge is 0.254 e. The second-order valence-corrected chi connectivity index (χ2v) is 9.26. The summed E-state index contributed by atoms with van der Waals surface area (Å²) < 4.78 is 33.7. The number of nitrogens with zero attached hydrogens (tertiary/aromatic N) is 2. The van der Waals surface area contributed by atoms with E-state index in [0.29, 0.717) is 38.1 Å². The number of ether oxygens (including phenoxy) is 1. The van der Waals surface area contributed by atoms with Gasteiger partial charge in [0, 0.05) is 49.1 Å². The first-order chi connectivity index (χ1) is 17.4. The minimum absolute atomic E-state index is 0.00163. The van der Waals surface area contributed by atoms with Gasteiger partial charge in [0.2, 0.25) is 0 Å². The molecule has 0 unspecified atom stereocenters. The van der Waals surface area contributed by atoms with Crippen molar-refractivity contribution in [3.8, 4) is 0 Å². The molecule has 2 aromatic carbocycles. The Balaban J connectivity index is 1.42. The molecule has 0 saturated carbocycles. The van der Waals surface area contributed by atoms with Crippen molar-refractivity contribution >= 4 is 11.8 Å². The van der Waals surface area contributed by atoms with E-state index in [4.69, 9.17) is 4.74 Å². The average Bonchev–Trinajstić information content (AvgIpc) is 3.13. The number of pyridine rings is 1. The number of benzene rings is 2. The molecule has 36 heavy (non-hydrogen) atoms. The third kappa shape index (κ3) is 4.26. The number of aromatic nitrogens is 1. The number of likely N-dealkylation sites (tertiary alicyclic amines) is 1. The number of hydrogen-bond acceptors (Lipinski definition) is 4. The van der Waals surface area contributed by atoms with E-state index in [-0.39, 0.29) is 23.6 Å². The van der Waals surface area contributed by atoms with E-state index < -0.39 is 23.0 Å². The Hall–Kier alpha value is -3.65. The quantitative estimate of drug-likeness (QED) is 0.574. The molecule has 1 N–H and O–H groups in total. The van der Waals surface area contributed by atoms with Crippen LogP contribution in [0.15, 0.2) is 67.0 Å². The topological polar surface area (TPSA) is 71.5 Å². The van der Waals surface area contributed by atoms with Crippen molar-refractivity contribution in [3.63, 3.8) is 0 Å². The van der Waals surface area contributed by atoms with E-state index in [1.165, 1.54) is 6.20 Å². The molecule has 5 rings (SSSR count). The first kappa shape index (κ1) is 24.1. The van der Waals surface area contributed by atoms with Crippen LogP contribution in [0.1, 0.15) is 57.7 Å². The maximum absolute atomic E-state index is 13.7. The SMILES string of the molecule is CCO[C@@H]1[C@@H](NC(=O)c2cccnc2)c2ccccc2C12CCN(C(=O)c1cc(F)cc(F)c1)CC2. The van der Waals surface area contributed by atoms with Crippen molar-refractivity contribution in [2.45, 2.75) is 37.3 Å². The summed E-state index contributed by atoms with van der Waals surface area (Å²) in [6.45, 7) is 3.19. The molecule has 1 spiro atoms. The number of carbonyl (C=O) groups is 2. The number of hydrogen-bond donors (Lipinski definition) is 1. The summed E-state index contributed by atoms with van der Waals surface area (Å²) in [5, 5.41) is 3.16. The Morgan fingerprint density at radius 2 is 1.78 bits per heavy atom. The zero-order chi connectivity index (χ0) is 25.3. The molecule has 3 aromatic rings. The first-order valence-corrected chi connectivity index (χ1v) is 12.1. The number of halogens is 2. The molecule has 1 saturated heterocycles. The summed E-state index contributed by atoms with van der Waals surface area (Å²) in [6, 6.07) is 13.9. The van der Waals surface area contributed by atoms with Crippen LogP contribution >= 0.6 is 0 Å². The molecule has 1 aliphatic heterocycles. The Kier molecular flexibility index (Phi) is 6.53. The zero-order valence-electron chi connectivity index (χ0n) is 19.9. The first-order valence-electron chi connectivity index (χ1n) is 12.1. The Morgan fingerprint density at radius 3 is 2.44 bits per heavy atom. The van der Waals surface area contributed by atoms with Crippen LogP contribution in [0.25, 0.3) is 0 Å². The van der Waals surface area contributed by atoms with Crippen LogP contribution in [0.4, 0.5) is 8.78 Å². The number of piperidine rings is 1. The fourth-order valence-corrected chi connectivity index (χ4v) is 5.69. The molecule has 2 atom stereocenters. The highest BCUT2D eigenvalue weighted by atomic mass is 19.1. The minimum atomic E-state index is -0.778. The Bertz CT molecular complexity index is 1260. The summed E-state index contributed by atoms with van der Waals surface area (Å²) in [4.78, 5) is 31.8. The predicted octanol–water partition coefficient (Wildman–Crippen LogP) is 4.42. The summed E-state index contributed by atoms with van der Waals surface area (Å²) in [5.74, 6) is -2.19. The second-order valence-electron chi connectivity index (χ2n) is 9.26. The molecule has 1 aliphatic carbocycles. The van der Waals surface area contributed by atoms with E-state index in [1.54, 1.807) is 23.2 Å². The van der Waals surface area contributed by atoms with E-state index in [2.05, 4.69) is 16.4 Å². The van der Waals surface area contributed by atoms with Gasteiger partial charge >= 0.3 is 0 Å². The van der Waals surface area contributed by atoms with Crippen molar-refractivity contribution in [1.29, 1.82) is 0 Å². The Labute approximate surface area is 208 Å². The number of rotatable bonds is 5. The third-order valence-electron chi connectivity index (χ3n) is 7.29. The maximum atomic E-state index is 13.7. The monoisotopic (exact) mass is 491 g/mol. The lowest BCUT2D eigenvalue weighted by Gasteiger charge is -2.44. The highest BCUT2D eigenvalue weighted by molar-refractivity contribution is 5.95. The van der Waals surface area contributed by atoms with E-state index >= 15 is 0 Å². The van der Waals surface area contributed by atoms with E-state index in [1.807, 2.05) is 25.1 Å². The summed E-state index contributed by atoms with van der Waals surface area (Å²) >= 11 is 0. The Morgan fingerprint density at radius 1 is 1.06 bits per heavy atom. The average molecular weight is 492 g/mol. The molecule has 2 heterocycles. The van der Waals surface area contributed by atoms with Gasteiger partial charge < -0.3 is 15.0 Å². The van der Waals surface area contributed by atoms with Crippen LogP contribution in [0.3, 0.4) is 0 Å². The molecule has 1 fully saturated rings. The minimum Gasteiger partial charge on any atom is -0.375 e. The van der Waals surface area contributed by atoms with Crippen molar-refractivity contribution in [3.05, 3.63) is 101 Å². The standard InChI is InChI=1S/C28H27F2N3O3/c1-2-36-25-24(32-26(34)18-6-5-11-31-17-18)22-7-3-4-8-23(22)28(25)9-12-33(13-10-28)27(35)19-14-20(29)16-21(30)15-19/h3-8,11,14-17,24-25H,2,9-10,12-13H2,1H3,(H,32,34)/t24-,25+/m0/s1. The maximum Gasteiger partial charge on any atom is 0.254 e. The van der Waals surface area contributed by atoms with Gasteiger partial charge in [0.15, 0.2) is 0 Å². The highest BCUT2D eigenvalue weighted by Crippen LogP contribution is 2.52. The van der Waals surface area contributed by atoms with Gasteiger partial charge in [-0.3, -0.25) is 14.6 Å².